The Kier molecular flexibility index (Phi) is 9.01. The van der Waals surface area contributed by atoms with Crippen LogP contribution in [0.4, 0.5) is 4.39 Å². The molecule has 172 valence electrons. The van der Waals surface area contributed by atoms with Crippen LogP contribution in [-0.4, -0.2) is 35.9 Å². The molecule has 0 aliphatic carbocycles. The van der Waals surface area contributed by atoms with E-state index < -0.39 is 17.8 Å². The lowest BCUT2D eigenvalue weighted by atomic mass is 10.0. The van der Waals surface area contributed by atoms with E-state index >= 15 is 0 Å². The van der Waals surface area contributed by atoms with E-state index in [1.807, 2.05) is 61.5 Å². The van der Waals surface area contributed by atoms with Gasteiger partial charge in [0.25, 0.3) is 5.91 Å². The highest BCUT2D eigenvalue weighted by Crippen LogP contribution is 2.19. The highest BCUT2D eigenvalue weighted by molar-refractivity contribution is 9.10. The zero-order chi connectivity index (χ0) is 23.6. The lowest BCUT2D eigenvalue weighted by molar-refractivity contribution is -0.142. The molecule has 0 heterocycles. The summed E-state index contributed by atoms with van der Waals surface area (Å²) >= 11 is 3.45. The highest BCUT2D eigenvalue weighted by Gasteiger charge is 2.30. The summed E-state index contributed by atoms with van der Waals surface area (Å²) < 4.78 is 20.3. The average molecular weight is 513 g/mol. The summed E-state index contributed by atoms with van der Waals surface area (Å²) in [5.74, 6) is -1.22. The molecule has 0 aromatic heterocycles. The Labute approximate surface area is 201 Å². The fourth-order valence-electron chi connectivity index (χ4n) is 3.46. The number of nitrogens with zero attached hydrogens (tertiary/aromatic N) is 1. The average Bonchev–Trinajstić information content (AvgIpc) is 2.81. The number of carbonyl (C=O) groups excluding carboxylic acids is 2. The number of hydrogen-bond acceptors (Lipinski definition) is 3. The number of carbonyl (C=O) groups is 2. The van der Waals surface area contributed by atoms with Crippen LogP contribution in [-0.2, 0) is 22.6 Å². The van der Waals surface area contributed by atoms with Crippen molar-refractivity contribution in [2.24, 2.45) is 0 Å². The first-order valence-electron chi connectivity index (χ1n) is 10.7. The molecule has 3 rings (SSSR count). The van der Waals surface area contributed by atoms with Gasteiger partial charge in [0, 0.05) is 24.0 Å². The Bertz CT molecular complexity index is 1080. The van der Waals surface area contributed by atoms with E-state index in [1.165, 1.54) is 17.0 Å². The van der Waals surface area contributed by atoms with Crippen LogP contribution in [0.2, 0.25) is 0 Å². The maximum absolute atomic E-state index is 14.0. The van der Waals surface area contributed by atoms with Crippen LogP contribution in [0.5, 0.6) is 5.75 Å². The summed E-state index contributed by atoms with van der Waals surface area (Å²) in [6, 6.07) is 22.2. The summed E-state index contributed by atoms with van der Waals surface area (Å²) in [5.41, 5.74) is 1.78. The molecule has 0 aliphatic rings. The largest absolute Gasteiger partial charge is 0.481 e. The molecule has 0 fully saturated rings. The third-order valence-electron chi connectivity index (χ3n) is 5.05. The minimum absolute atomic E-state index is 0.00845. The summed E-state index contributed by atoms with van der Waals surface area (Å²) in [6.07, 6.45) is 0.339. The maximum atomic E-state index is 14.0. The number of likely N-dealkylation sites (N-methyl/N-ethyl adjacent to an activating group) is 1. The molecule has 5 nitrogen and oxygen atoms in total. The zero-order valence-corrected chi connectivity index (χ0v) is 19.9. The van der Waals surface area contributed by atoms with Gasteiger partial charge in [0.2, 0.25) is 5.91 Å². The van der Waals surface area contributed by atoms with E-state index in [2.05, 4.69) is 21.2 Å². The van der Waals surface area contributed by atoms with E-state index in [1.54, 1.807) is 12.1 Å². The molecule has 33 heavy (non-hydrogen) atoms. The predicted octanol–water partition coefficient (Wildman–Crippen LogP) is 4.74. The number of halogens is 2. The van der Waals surface area contributed by atoms with Crippen molar-refractivity contribution in [1.82, 2.24) is 10.2 Å². The maximum Gasteiger partial charge on any atom is 0.261 e. The smallest absolute Gasteiger partial charge is 0.261 e. The molecule has 0 aliphatic heterocycles. The first kappa shape index (κ1) is 24.5. The van der Waals surface area contributed by atoms with Gasteiger partial charge in [0.05, 0.1) is 0 Å². The van der Waals surface area contributed by atoms with Crippen molar-refractivity contribution >= 4 is 27.7 Å². The highest BCUT2D eigenvalue weighted by atomic mass is 79.9. The van der Waals surface area contributed by atoms with Crippen LogP contribution < -0.4 is 10.1 Å². The van der Waals surface area contributed by atoms with Gasteiger partial charge in [-0.1, -0.05) is 70.5 Å². The molecule has 0 unspecified atom stereocenters. The Balaban J connectivity index is 1.90. The number of nitrogens with one attached hydrogen (secondary N) is 1. The molecule has 2 amide bonds. The second kappa shape index (κ2) is 12.2. The fraction of sp³-hybridized carbons (Fsp3) is 0.231. The van der Waals surface area contributed by atoms with E-state index in [9.17, 15) is 14.0 Å². The summed E-state index contributed by atoms with van der Waals surface area (Å²) in [7, 11) is 0. The van der Waals surface area contributed by atoms with E-state index in [4.69, 9.17) is 4.74 Å². The van der Waals surface area contributed by atoms with Gasteiger partial charge >= 0.3 is 0 Å². The SMILES string of the molecule is CCNC(=O)[C@@H](Cc1ccccc1)N(Cc1cccc(Br)c1)C(=O)COc1ccccc1F. The minimum Gasteiger partial charge on any atom is -0.481 e. The third-order valence-corrected chi connectivity index (χ3v) is 5.55. The molecule has 0 saturated heterocycles. The summed E-state index contributed by atoms with van der Waals surface area (Å²) in [5, 5.41) is 2.84. The summed E-state index contributed by atoms with van der Waals surface area (Å²) in [6.45, 7) is 2.08. The van der Waals surface area contributed by atoms with Crippen LogP contribution >= 0.6 is 15.9 Å². The number of benzene rings is 3. The molecule has 3 aromatic rings. The molecule has 7 heteroatoms. The van der Waals surface area contributed by atoms with Crippen LogP contribution in [0, 0.1) is 5.82 Å². The van der Waals surface area contributed by atoms with Gasteiger partial charge in [0.15, 0.2) is 18.2 Å². The van der Waals surface area contributed by atoms with Crippen molar-refractivity contribution in [3.05, 3.63) is 100 Å². The van der Waals surface area contributed by atoms with Gasteiger partial charge in [-0.25, -0.2) is 4.39 Å². The Hall–Kier alpha value is -3.19. The first-order valence-corrected chi connectivity index (χ1v) is 11.5. The molecule has 0 saturated carbocycles. The normalized spacial score (nSPS) is 11.5. The number of para-hydroxylation sites is 1. The van der Waals surface area contributed by atoms with Gasteiger partial charge in [-0.15, -0.1) is 0 Å². The monoisotopic (exact) mass is 512 g/mol. The van der Waals surface area contributed by atoms with Crippen LogP contribution in [0.25, 0.3) is 0 Å². The quantitative estimate of drug-likeness (QED) is 0.426. The van der Waals surface area contributed by atoms with Crippen molar-refractivity contribution in [1.29, 1.82) is 0 Å². The van der Waals surface area contributed by atoms with Crippen molar-refractivity contribution < 1.29 is 18.7 Å². The number of hydrogen-bond donors (Lipinski definition) is 1. The molecule has 1 N–H and O–H groups in total. The van der Waals surface area contributed by atoms with E-state index in [-0.39, 0.29) is 24.8 Å². The van der Waals surface area contributed by atoms with Crippen LogP contribution in [0.3, 0.4) is 0 Å². The molecule has 0 bridgehead atoms. The second-order valence-corrected chi connectivity index (χ2v) is 8.39. The van der Waals surface area contributed by atoms with Gasteiger partial charge in [-0.2, -0.15) is 0 Å². The van der Waals surface area contributed by atoms with Gasteiger partial charge in [0.1, 0.15) is 6.04 Å². The topological polar surface area (TPSA) is 58.6 Å². The van der Waals surface area contributed by atoms with E-state index in [0.29, 0.717) is 13.0 Å². The Morgan fingerprint density at radius 2 is 1.70 bits per heavy atom. The first-order chi connectivity index (χ1) is 16.0. The van der Waals surface area contributed by atoms with Gasteiger partial charge in [-0.05, 0) is 42.3 Å². The lowest BCUT2D eigenvalue weighted by Crippen LogP contribution is -2.51. The number of rotatable bonds is 10. The lowest BCUT2D eigenvalue weighted by Gasteiger charge is -2.31. The summed E-state index contributed by atoms with van der Waals surface area (Å²) in [4.78, 5) is 27.9. The molecule has 3 aromatic carbocycles. The molecular weight excluding hydrogens is 487 g/mol. The molecular formula is C26H26BrFN2O3. The molecule has 1 atom stereocenters. The minimum atomic E-state index is -0.761. The van der Waals surface area contributed by atoms with Crippen LogP contribution in [0.15, 0.2) is 83.3 Å². The van der Waals surface area contributed by atoms with Crippen molar-refractivity contribution in [2.45, 2.75) is 25.9 Å². The molecule has 0 radical (unpaired) electrons. The number of ether oxygens (including phenoxy) is 1. The fourth-order valence-corrected chi connectivity index (χ4v) is 3.91. The van der Waals surface area contributed by atoms with E-state index in [0.717, 1.165) is 15.6 Å². The Morgan fingerprint density at radius 1 is 1.00 bits per heavy atom. The third kappa shape index (κ3) is 7.15. The van der Waals surface area contributed by atoms with Gasteiger partial charge in [-0.3, -0.25) is 9.59 Å². The zero-order valence-electron chi connectivity index (χ0n) is 18.3. The number of amides is 2. The standard InChI is InChI=1S/C26H26BrFN2O3/c1-2-29-26(32)23(16-19-9-4-3-5-10-19)30(17-20-11-8-12-21(27)15-20)25(31)18-33-24-14-7-6-13-22(24)28/h3-15,23H,2,16-18H2,1H3,(H,29,32)/t23-/m1/s1. The van der Waals surface area contributed by atoms with Crippen molar-refractivity contribution in [3.63, 3.8) is 0 Å². The Morgan fingerprint density at radius 3 is 2.39 bits per heavy atom. The second-order valence-electron chi connectivity index (χ2n) is 7.47. The van der Waals surface area contributed by atoms with Gasteiger partial charge < -0.3 is 15.0 Å². The van der Waals surface area contributed by atoms with Crippen LogP contribution in [0.1, 0.15) is 18.1 Å². The predicted molar refractivity (Wildman–Crippen MR) is 129 cm³/mol. The van der Waals surface area contributed by atoms with Crippen molar-refractivity contribution in [3.8, 4) is 5.75 Å². The van der Waals surface area contributed by atoms with Crippen molar-refractivity contribution in [2.75, 3.05) is 13.2 Å². The molecule has 0 spiro atoms.